The van der Waals surface area contributed by atoms with Crippen LogP contribution in [0.5, 0.6) is 0 Å². The van der Waals surface area contributed by atoms with Gasteiger partial charge in [0.2, 0.25) is 0 Å². The number of alkyl halides is 13. The summed E-state index contributed by atoms with van der Waals surface area (Å²) in [5.41, 5.74) is -0.746. The van der Waals surface area contributed by atoms with Crippen molar-refractivity contribution in [3.63, 3.8) is 0 Å². The maximum absolute atomic E-state index is 13.6. The highest BCUT2D eigenvalue weighted by Crippen LogP contribution is 2.60. The van der Waals surface area contributed by atoms with Crippen molar-refractivity contribution in [2.24, 2.45) is 0 Å². The van der Waals surface area contributed by atoms with Gasteiger partial charge in [0.25, 0.3) is 0 Å². The van der Waals surface area contributed by atoms with Gasteiger partial charge in [-0.3, -0.25) is 4.79 Å². The minimum atomic E-state index is -8.05. The smallest absolute Gasteiger partial charge is 0.321 e. The molecule has 29 heavy (non-hydrogen) atoms. The van der Waals surface area contributed by atoms with Gasteiger partial charge < -0.3 is 5.32 Å². The summed E-state index contributed by atoms with van der Waals surface area (Å²) in [6, 6.07) is 3.55. The number of anilines is 1. The molecule has 1 N–H and O–H groups in total. The Morgan fingerprint density at radius 1 is 0.655 bits per heavy atom. The molecule has 1 amide bonds. The summed E-state index contributed by atoms with van der Waals surface area (Å²) in [5, 5.41) is 0.930. The van der Waals surface area contributed by atoms with Crippen molar-refractivity contribution in [3.8, 4) is 0 Å². The van der Waals surface area contributed by atoms with Gasteiger partial charge in [0, 0.05) is 10.2 Å². The predicted octanol–water partition coefficient (Wildman–Crippen LogP) is 6.13. The molecule has 16 heteroatoms. The van der Waals surface area contributed by atoms with Crippen LogP contribution in [0.1, 0.15) is 0 Å². The molecule has 0 aromatic heterocycles. The van der Waals surface area contributed by atoms with E-state index in [1.165, 1.54) is 0 Å². The largest absolute Gasteiger partial charge is 0.460 e. The van der Waals surface area contributed by atoms with Crippen molar-refractivity contribution in [3.05, 3.63) is 28.7 Å². The molecule has 0 saturated carbocycles. The van der Waals surface area contributed by atoms with Crippen LogP contribution in [0.3, 0.4) is 0 Å². The SMILES string of the molecule is O=C(Nc1ccc(Br)cc1)C(F)(F)C(F)(F)C(F)(F)C(F)(F)C(F)(F)C(F)(F)F. The maximum atomic E-state index is 13.6. The number of carbonyl (C=O) groups excluding carboxylic acids is 1. The summed E-state index contributed by atoms with van der Waals surface area (Å²) in [6.45, 7) is 0. The Bertz CT molecular complexity index is 757. The zero-order valence-electron chi connectivity index (χ0n) is 13.0. The van der Waals surface area contributed by atoms with E-state index in [1.54, 1.807) is 0 Å². The molecular weight excluding hydrogens is 513 g/mol. The monoisotopic (exact) mass is 517 g/mol. The van der Waals surface area contributed by atoms with E-state index in [4.69, 9.17) is 0 Å². The molecule has 1 aromatic carbocycles. The average molecular weight is 518 g/mol. The highest BCUT2D eigenvalue weighted by atomic mass is 79.9. The molecule has 0 heterocycles. The molecule has 0 saturated heterocycles. The fraction of sp³-hybridized carbons (Fsp3) is 0.462. The summed E-state index contributed by atoms with van der Waals surface area (Å²) >= 11 is 2.84. The lowest BCUT2D eigenvalue weighted by molar-refractivity contribution is -0.435. The zero-order valence-corrected chi connectivity index (χ0v) is 14.6. The Morgan fingerprint density at radius 3 is 1.41 bits per heavy atom. The first-order valence-corrected chi connectivity index (χ1v) is 7.46. The Kier molecular flexibility index (Phi) is 6.28. The number of hydrogen-bond donors (Lipinski definition) is 1. The van der Waals surface area contributed by atoms with Crippen LogP contribution in [-0.2, 0) is 4.79 Å². The molecule has 0 aliphatic rings. The van der Waals surface area contributed by atoms with E-state index in [0.29, 0.717) is 0 Å². The highest BCUT2D eigenvalue weighted by molar-refractivity contribution is 9.10. The first-order chi connectivity index (χ1) is 12.6. The summed E-state index contributed by atoms with van der Waals surface area (Å²) < 4.78 is 168. The Balaban J connectivity index is 3.37. The van der Waals surface area contributed by atoms with Crippen LogP contribution in [-0.4, -0.2) is 41.7 Å². The van der Waals surface area contributed by atoms with E-state index >= 15 is 0 Å². The van der Waals surface area contributed by atoms with E-state index < -0.39 is 47.4 Å². The number of benzene rings is 1. The third-order valence-electron chi connectivity index (χ3n) is 3.32. The van der Waals surface area contributed by atoms with Crippen LogP contribution in [0.4, 0.5) is 62.8 Å². The minimum Gasteiger partial charge on any atom is -0.321 e. The molecule has 2 nitrogen and oxygen atoms in total. The second-order valence-corrected chi connectivity index (χ2v) is 6.25. The number of carbonyl (C=O) groups is 1. The van der Waals surface area contributed by atoms with Crippen LogP contribution in [0.2, 0.25) is 0 Å². The minimum absolute atomic E-state index is 0.258. The van der Waals surface area contributed by atoms with E-state index in [2.05, 4.69) is 15.9 Å². The Morgan fingerprint density at radius 2 is 1.03 bits per heavy atom. The molecule has 0 bridgehead atoms. The lowest BCUT2D eigenvalue weighted by Gasteiger charge is -2.39. The lowest BCUT2D eigenvalue weighted by Crippen LogP contribution is -2.71. The Labute approximate surface area is 160 Å². The standard InChI is InChI=1S/C13H5BrF13NO/c14-5-1-3-6(4-2-5)28-7(29)8(15,16)9(17,18)10(19,20)11(21,22)12(23,24)13(25,26)27/h1-4H,(H,28,29). The highest BCUT2D eigenvalue weighted by Gasteiger charge is 2.91. The van der Waals surface area contributed by atoms with Gasteiger partial charge in [0.1, 0.15) is 0 Å². The number of nitrogens with one attached hydrogen (secondary N) is 1. The van der Waals surface area contributed by atoms with Crippen molar-refractivity contribution < 1.29 is 61.9 Å². The molecule has 0 radical (unpaired) electrons. The van der Waals surface area contributed by atoms with E-state index in [0.717, 1.165) is 29.6 Å². The van der Waals surface area contributed by atoms with Gasteiger partial charge in [-0.25, -0.2) is 0 Å². The normalized spacial score (nSPS) is 14.7. The number of amides is 1. The predicted molar refractivity (Wildman–Crippen MR) is 73.6 cm³/mol. The summed E-state index contributed by atoms with van der Waals surface area (Å²) in [5.74, 6) is -41.8. The third kappa shape index (κ3) is 3.86. The zero-order chi connectivity index (χ0) is 23.3. The fourth-order valence-electron chi connectivity index (χ4n) is 1.65. The molecule has 0 aliphatic heterocycles. The Hall–Kier alpha value is -1.74. The molecule has 0 atom stereocenters. The molecular formula is C13H5BrF13NO. The van der Waals surface area contributed by atoms with Gasteiger partial charge >= 0.3 is 41.7 Å². The lowest BCUT2D eigenvalue weighted by atomic mass is 9.93. The van der Waals surface area contributed by atoms with Crippen molar-refractivity contribution in [2.75, 3.05) is 5.32 Å². The second kappa shape index (κ2) is 7.19. The van der Waals surface area contributed by atoms with Gasteiger partial charge in [0.15, 0.2) is 0 Å². The van der Waals surface area contributed by atoms with Gasteiger partial charge in [-0.2, -0.15) is 57.1 Å². The summed E-state index contributed by atoms with van der Waals surface area (Å²) in [7, 11) is 0. The van der Waals surface area contributed by atoms with Crippen molar-refractivity contribution in [1.29, 1.82) is 0 Å². The second-order valence-electron chi connectivity index (χ2n) is 5.33. The molecule has 1 rings (SSSR count). The number of halogens is 14. The van der Waals surface area contributed by atoms with Crippen LogP contribution >= 0.6 is 15.9 Å². The van der Waals surface area contributed by atoms with E-state index in [1.807, 2.05) is 0 Å². The first-order valence-electron chi connectivity index (χ1n) is 6.67. The maximum Gasteiger partial charge on any atom is 0.460 e. The van der Waals surface area contributed by atoms with E-state index in [-0.39, 0.29) is 4.47 Å². The average Bonchev–Trinajstić information content (AvgIpc) is 2.55. The molecule has 0 spiro atoms. The van der Waals surface area contributed by atoms with Gasteiger partial charge in [-0.15, -0.1) is 0 Å². The van der Waals surface area contributed by atoms with Crippen molar-refractivity contribution in [2.45, 2.75) is 35.8 Å². The van der Waals surface area contributed by atoms with Gasteiger partial charge in [-0.1, -0.05) is 15.9 Å². The number of hydrogen-bond acceptors (Lipinski definition) is 1. The summed E-state index contributed by atoms with van der Waals surface area (Å²) in [6.07, 6.45) is -7.51. The van der Waals surface area contributed by atoms with Gasteiger partial charge in [-0.05, 0) is 24.3 Å². The van der Waals surface area contributed by atoms with Crippen LogP contribution in [0, 0.1) is 0 Å². The van der Waals surface area contributed by atoms with Crippen LogP contribution in [0.15, 0.2) is 28.7 Å². The fourth-order valence-corrected chi connectivity index (χ4v) is 1.92. The molecule has 166 valence electrons. The summed E-state index contributed by atoms with van der Waals surface area (Å²) in [4.78, 5) is 11.2. The quantitative estimate of drug-likeness (QED) is 0.452. The van der Waals surface area contributed by atoms with Crippen LogP contribution < -0.4 is 5.32 Å². The topological polar surface area (TPSA) is 29.1 Å². The molecule has 0 aliphatic carbocycles. The van der Waals surface area contributed by atoms with Crippen molar-refractivity contribution in [1.82, 2.24) is 0 Å². The van der Waals surface area contributed by atoms with Crippen molar-refractivity contribution >= 4 is 27.5 Å². The van der Waals surface area contributed by atoms with E-state index in [9.17, 15) is 61.9 Å². The molecule has 0 unspecified atom stereocenters. The van der Waals surface area contributed by atoms with Gasteiger partial charge in [0.05, 0.1) is 0 Å². The first kappa shape index (κ1) is 25.3. The third-order valence-corrected chi connectivity index (χ3v) is 3.85. The van der Waals surface area contributed by atoms with Crippen LogP contribution in [0.25, 0.3) is 0 Å². The molecule has 1 aromatic rings. The molecule has 0 fully saturated rings. The number of rotatable bonds is 6.